The first-order valence-electron chi connectivity index (χ1n) is 5.10. The third-order valence-corrected chi connectivity index (χ3v) is 2.34. The summed E-state index contributed by atoms with van der Waals surface area (Å²) in [6.45, 7) is 2.60. The molecule has 1 unspecified atom stereocenters. The highest BCUT2D eigenvalue weighted by molar-refractivity contribution is 6.28. The molecule has 0 aliphatic rings. The fraction of sp³-hybridized carbons (Fsp3) is 0.500. The lowest BCUT2D eigenvalue weighted by atomic mass is 10.1. The smallest absolute Gasteiger partial charge is 0.225 e. The van der Waals surface area contributed by atoms with Gasteiger partial charge in [0.1, 0.15) is 5.82 Å². The average molecular weight is 243 g/mol. The van der Waals surface area contributed by atoms with Crippen LogP contribution in [0.25, 0.3) is 0 Å². The zero-order valence-electron chi connectivity index (χ0n) is 9.11. The van der Waals surface area contributed by atoms with Crippen molar-refractivity contribution >= 4 is 23.3 Å². The molecule has 0 aliphatic carbocycles. The normalized spacial score (nSPS) is 12.2. The SMILES string of the molecule is CC(CN)CCC(=O)Nc1ccnc(Cl)n1. The summed E-state index contributed by atoms with van der Waals surface area (Å²) in [5.41, 5.74) is 5.46. The lowest BCUT2D eigenvalue weighted by Gasteiger charge is -2.08. The van der Waals surface area contributed by atoms with E-state index in [4.69, 9.17) is 17.3 Å². The summed E-state index contributed by atoms with van der Waals surface area (Å²) in [6, 6.07) is 1.59. The molecule has 3 N–H and O–H groups in total. The number of amides is 1. The molecule has 1 amide bonds. The number of aromatic nitrogens is 2. The molecule has 1 aromatic rings. The van der Waals surface area contributed by atoms with Gasteiger partial charge in [0.05, 0.1) is 0 Å². The Morgan fingerprint density at radius 3 is 3.06 bits per heavy atom. The first-order chi connectivity index (χ1) is 7.61. The second-order valence-corrected chi connectivity index (χ2v) is 3.98. The number of carbonyl (C=O) groups excluding carboxylic acids is 1. The van der Waals surface area contributed by atoms with Crippen molar-refractivity contribution in [3.8, 4) is 0 Å². The second-order valence-electron chi connectivity index (χ2n) is 3.64. The molecule has 0 saturated carbocycles. The van der Waals surface area contributed by atoms with Gasteiger partial charge in [0.2, 0.25) is 11.2 Å². The van der Waals surface area contributed by atoms with E-state index in [2.05, 4.69) is 15.3 Å². The number of nitrogens with zero attached hydrogens (tertiary/aromatic N) is 2. The van der Waals surface area contributed by atoms with Crippen LogP contribution in [0.5, 0.6) is 0 Å². The minimum absolute atomic E-state index is 0.0879. The van der Waals surface area contributed by atoms with Crippen molar-refractivity contribution in [1.29, 1.82) is 0 Å². The Hall–Kier alpha value is -1.20. The van der Waals surface area contributed by atoms with Gasteiger partial charge in [-0.3, -0.25) is 4.79 Å². The first kappa shape index (κ1) is 12.9. The van der Waals surface area contributed by atoms with E-state index in [-0.39, 0.29) is 11.2 Å². The molecule has 1 aromatic heterocycles. The minimum Gasteiger partial charge on any atom is -0.330 e. The largest absolute Gasteiger partial charge is 0.330 e. The van der Waals surface area contributed by atoms with Crippen molar-refractivity contribution in [2.24, 2.45) is 11.7 Å². The molecule has 0 fully saturated rings. The summed E-state index contributed by atoms with van der Waals surface area (Å²) in [5, 5.41) is 2.77. The predicted molar refractivity (Wildman–Crippen MR) is 63.1 cm³/mol. The summed E-state index contributed by atoms with van der Waals surface area (Å²) >= 11 is 5.59. The van der Waals surface area contributed by atoms with Gasteiger partial charge in [0.25, 0.3) is 0 Å². The van der Waals surface area contributed by atoms with Crippen molar-refractivity contribution in [2.45, 2.75) is 19.8 Å². The quantitative estimate of drug-likeness (QED) is 0.766. The Balaban J connectivity index is 2.40. The molecule has 0 saturated heterocycles. The Kier molecular flexibility index (Phi) is 5.14. The first-order valence-corrected chi connectivity index (χ1v) is 5.48. The van der Waals surface area contributed by atoms with Crippen LogP contribution in [-0.2, 0) is 4.79 Å². The molecule has 0 aromatic carbocycles. The van der Waals surface area contributed by atoms with Gasteiger partial charge in [0, 0.05) is 12.6 Å². The molecule has 0 spiro atoms. The van der Waals surface area contributed by atoms with E-state index in [0.717, 1.165) is 6.42 Å². The number of halogens is 1. The fourth-order valence-corrected chi connectivity index (χ4v) is 1.25. The molecule has 0 aliphatic heterocycles. The summed E-state index contributed by atoms with van der Waals surface area (Å²) in [7, 11) is 0. The van der Waals surface area contributed by atoms with Crippen molar-refractivity contribution in [3.05, 3.63) is 17.5 Å². The van der Waals surface area contributed by atoms with Crippen molar-refractivity contribution in [1.82, 2.24) is 9.97 Å². The van der Waals surface area contributed by atoms with Crippen molar-refractivity contribution in [3.63, 3.8) is 0 Å². The van der Waals surface area contributed by atoms with Gasteiger partial charge in [-0.1, -0.05) is 6.92 Å². The lowest BCUT2D eigenvalue weighted by molar-refractivity contribution is -0.116. The van der Waals surface area contributed by atoms with Gasteiger partial charge in [-0.05, 0) is 36.6 Å². The number of hydrogen-bond donors (Lipinski definition) is 2. The van der Waals surface area contributed by atoms with E-state index >= 15 is 0 Å². The number of nitrogens with one attached hydrogen (secondary N) is 1. The highest BCUT2D eigenvalue weighted by atomic mass is 35.5. The molecular formula is C10H15ClN4O. The average Bonchev–Trinajstić information content (AvgIpc) is 2.26. The van der Waals surface area contributed by atoms with E-state index in [9.17, 15) is 4.79 Å². The van der Waals surface area contributed by atoms with Gasteiger partial charge in [-0.15, -0.1) is 0 Å². The molecular weight excluding hydrogens is 228 g/mol. The van der Waals surface area contributed by atoms with Crippen LogP contribution < -0.4 is 11.1 Å². The number of rotatable bonds is 5. The molecule has 16 heavy (non-hydrogen) atoms. The number of nitrogens with two attached hydrogens (primary N) is 1. The maximum absolute atomic E-state index is 11.5. The number of anilines is 1. The van der Waals surface area contributed by atoms with Crippen molar-refractivity contribution in [2.75, 3.05) is 11.9 Å². The topological polar surface area (TPSA) is 80.9 Å². The number of carbonyl (C=O) groups is 1. The third kappa shape index (κ3) is 4.55. The van der Waals surface area contributed by atoms with Crippen LogP contribution in [-0.4, -0.2) is 22.4 Å². The van der Waals surface area contributed by atoms with Gasteiger partial charge in [-0.2, -0.15) is 0 Å². The van der Waals surface area contributed by atoms with Gasteiger partial charge in [-0.25, -0.2) is 9.97 Å². The maximum Gasteiger partial charge on any atom is 0.225 e. The standard InChI is InChI=1S/C10H15ClN4O/c1-7(6-12)2-3-9(16)14-8-4-5-13-10(11)15-8/h4-5,7H,2-3,6,12H2,1H3,(H,13,14,15,16). The highest BCUT2D eigenvalue weighted by Gasteiger charge is 2.06. The van der Waals surface area contributed by atoms with Crippen LogP contribution in [0.4, 0.5) is 5.82 Å². The molecule has 1 rings (SSSR count). The number of hydrogen-bond acceptors (Lipinski definition) is 4. The predicted octanol–water partition coefficient (Wildman–Crippen LogP) is 1.44. The second kappa shape index (κ2) is 6.40. The Bertz CT molecular complexity index is 358. The van der Waals surface area contributed by atoms with Crippen LogP contribution in [0, 0.1) is 5.92 Å². The van der Waals surface area contributed by atoms with Crippen LogP contribution >= 0.6 is 11.6 Å². The Morgan fingerprint density at radius 2 is 2.44 bits per heavy atom. The van der Waals surface area contributed by atoms with Crippen LogP contribution in [0.15, 0.2) is 12.3 Å². The van der Waals surface area contributed by atoms with E-state index in [1.165, 1.54) is 6.20 Å². The minimum atomic E-state index is -0.0879. The van der Waals surface area contributed by atoms with Gasteiger partial charge in [0.15, 0.2) is 0 Å². The highest BCUT2D eigenvalue weighted by Crippen LogP contribution is 2.08. The van der Waals surface area contributed by atoms with Crippen LogP contribution in [0.2, 0.25) is 5.28 Å². The summed E-state index contributed by atoms with van der Waals surface area (Å²) < 4.78 is 0. The lowest BCUT2D eigenvalue weighted by Crippen LogP contribution is -2.16. The molecule has 6 heteroatoms. The molecule has 88 valence electrons. The van der Waals surface area contributed by atoms with Gasteiger partial charge >= 0.3 is 0 Å². The van der Waals surface area contributed by atoms with E-state index in [1.807, 2.05) is 6.92 Å². The molecule has 0 radical (unpaired) electrons. The molecule has 1 atom stereocenters. The zero-order chi connectivity index (χ0) is 12.0. The van der Waals surface area contributed by atoms with Crippen LogP contribution in [0.1, 0.15) is 19.8 Å². The van der Waals surface area contributed by atoms with E-state index < -0.39 is 0 Å². The Morgan fingerprint density at radius 1 is 1.69 bits per heavy atom. The monoisotopic (exact) mass is 242 g/mol. The van der Waals surface area contributed by atoms with E-state index in [0.29, 0.717) is 24.7 Å². The fourth-order valence-electron chi connectivity index (χ4n) is 1.11. The third-order valence-electron chi connectivity index (χ3n) is 2.16. The van der Waals surface area contributed by atoms with Crippen LogP contribution in [0.3, 0.4) is 0 Å². The zero-order valence-corrected chi connectivity index (χ0v) is 9.87. The Labute approximate surface area is 99.4 Å². The van der Waals surface area contributed by atoms with Crippen molar-refractivity contribution < 1.29 is 4.79 Å². The maximum atomic E-state index is 11.5. The van der Waals surface area contributed by atoms with Gasteiger partial charge < -0.3 is 11.1 Å². The summed E-state index contributed by atoms with van der Waals surface area (Å²) in [4.78, 5) is 19.1. The summed E-state index contributed by atoms with van der Waals surface area (Å²) in [6.07, 6.45) is 2.69. The van der Waals surface area contributed by atoms with E-state index in [1.54, 1.807) is 6.07 Å². The summed E-state index contributed by atoms with van der Waals surface area (Å²) in [5.74, 6) is 0.681. The molecule has 5 nitrogen and oxygen atoms in total. The molecule has 1 heterocycles. The molecule has 0 bridgehead atoms.